The predicted octanol–water partition coefficient (Wildman–Crippen LogP) is 2.62. The number of carbonyl (C=O) groups is 3. The number of carboxylic acids is 1. The Balaban J connectivity index is 1.83. The molecule has 2 amide bonds. The number of aliphatic carboxylic acids is 1. The highest BCUT2D eigenvalue weighted by molar-refractivity contribution is 8.00. The summed E-state index contributed by atoms with van der Waals surface area (Å²) in [7, 11) is 0. The van der Waals surface area contributed by atoms with Gasteiger partial charge >= 0.3 is 5.97 Å². The fourth-order valence-corrected chi connectivity index (χ4v) is 5.95. The van der Waals surface area contributed by atoms with Crippen molar-refractivity contribution in [3.8, 4) is 0 Å². The number of para-hydroxylation sites is 1. The molecule has 2 aliphatic heterocycles. The predicted molar refractivity (Wildman–Crippen MR) is 115 cm³/mol. The lowest BCUT2D eigenvalue weighted by atomic mass is 9.83. The first-order valence-corrected chi connectivity index (χ1v) is 11.1. The molecule has 2 aliphatic rings. The zero-order chi connectivity index (χ0) is 21.5. The van der Waals surface area contributed by atoms with Gasteiger partial charge in [-0.3, -0.25) is 19.3 Å². The van der Waals surface area contributed by atoms with Crippen molar-refractivity contribution in [2.75, 3.05) is 11.4 Å². The number of β-lactam (4-membered cyclic amide) rings is 1. The van der Waals surface area contributed by atoms with Gasteiger partial charge in [-0.25, -0.2) is 0 Å². The second kappa shape index (κ2) is 7.84. The van der Waals surface area contributed by atoms with E-state index in [1.165, 1.54) is 35.1 Å². The van der Waals surface area contributed by atoms with E-state index < -0.39 is 16.8 Å². The molecule has 0 bridgehead atoms. The third kappa shape index (κ3) is 3.39. The molecule has 0 radical (unpaired) electrons. The van der Waals surface area contributed by atoms with Gasteiger partial charge in [0, 0.05) is 24.0 Å². The van der Waals surface area contributed by atoms with E-state index in [2.05, 4.69) is 9.59 Å². The number of aryl methyl sites for hydroxylation is 1. The van der Waals surface area contributed by atoms with E-state index in [1.807, 2.05) is 13.0 Å². The Kier molecular flexibility index (Phi) is 5.37. The van der Waals surface area contributed by atoms with E-state index >= 15 is 0 Å². The molecule has 2 unspecified atom stereocenters. The molecule has 0 aliphatic carbocycles. The molecule has 1 N–H and O–H groups in total. The molecular weight excluding hydrogens is 424 g/mol. The van der Waals surface area contributed by atoms with Crippen LogP contribution in [-0.2, 0) is 14.4 Å². The first-order chi connectivity index (χ1) is 14.3. The van der Waals surface area contributed by atoms with E-state index in [0.29, 0.717) is 17.8 Å². The zero-order valence-corrected chi connectivity index (χ0v) is 18.0. The topological polar surface area (TPSA) is 104 Å². The summed E-state index contributed by atoms with van der Waals surface area (Å²) in [5.74, 6) is -1.44. The highest BCUT2D eigenvalue weighted by atomic mass is 32.2. The quantitative estimate of drug-likeness (QED) is 0.707. The summed E-state index contributed by atoms with van der Waals surface area (Å²) in [6.07, 6.45) is 3.54. The van der Waals surface area contributed by atoms with E-state index in [0.717, 1.165) is 4.88 Å². The highest BCUT2D eigenvalue weighted by Gasteiger charge is 2.58. The number of hydrogen-bond acceptors (Lipinski definition) is 7. The Bertz CT molecular complexity index is 1020. The third-order valence-corrected chi connectivity index (χ3v) is 7.68. The van der Waals surface area contributed by atoms with Gasteiger partial charge in [0.1, 0.15) is 16.5 Å². The molecule has 10 heteroatoms. The van der Waals surface area contributed by atoms with Gasteiger partial charge in [-0.1, -0.05) is 28.8 Å². The Morgan fingerprint density at radius 1 is 1.33 bits per heavy atom. The monoisotopic (exact) mass is 444 g/mol. The van der Waals surface area contributed by atoms with E-state index in [1.54, 1.807) is 41.3 Å². The lowest BCUT2D eigenvalue weighted by Crippen LogP contribution is -2.67. The molecule has 1 aromatic heterocycles. The molecule has 8 nitrogen and oxygen atoms in total. The minimum absolute atomic E-state index is 0.00672. The first kappa shape index (κ1) is 20.5. The fraction of sp³-hybridized carbons (Fsp3) is 0.350. The van der Waals surface area contributed by atoms with Crippen LogP contribution in [0.15, 0.2) is 36.4 Å². The maximum absolute atomic E-state index is 12.7. The minimum atomic E-state index is -1.51. The molecule has 3 heterocycles. The molecule has 3 atom stereocenters. The van der Waals surface area contributed by atoms with Gasteiger partial charge in [-0.15, -0.1) is 16.9 Å². The lowest BCUT2D eigenvalue weighted by molar-refractivity contribution is -0.153. The summed E-state index contributed by atoms with van der Waals surface area (Å²) < 4.78 is 3.89. The highest BCUT2D eigenvalue weighted by Crippen LogP contribution is 2.50. The standard InChI is InChI=1S/C20H20N4O4S2/c1-12-15(21-22-30-12)8-9-20(19(27)28)11-23-16(26)10-17(23)29-18(20)24(13(2)25)14-6-4-3-5-7-14/h3-9,17-18H,10-11H2,1-2H3,(H,27,28)/t17-,18?,20?/m1/s1. The Morgan fingerprint density at radius 2 is 2.07 bits per heavy atom. The number of aromatic nitrogens is 2. The average Bonchev–Trinajstić information content (AvgIpc) is 3.12. The molecular formula is C20H20N4O4S2. The van der Waals surface area contributed by atoms with E-state index in [9.17, 15) is 19.5 Å². The van der Waals surface area contributed by atoms with Crippen molar-refractivity contribution in [1.29, 1.82) is 0 Å². The number of amides is 2. The van der Waals surface area contributed by atoms with Crippen LogP contribution in [0, 0.1) is 12.3 Å². The van der Waals surface area contributed by atoms with Gasteiger partial charge in [0.05, 0.1) is 11.8 Å². The summed E-state index contributed by atoms with van der Waals surface area (Å²) in [5, 5.41) is 13.5. The number of carboxylic acid groups (broad SMARTS) is 1. The fourth-order valence-electron chi connectivity index (χ4n) is 3.73. The number of thioether (sulfide) groups is 1. The Morgan fingerprint density at radius 3 is 2.63 bits per heavy atom. The molecule has 156 valence electrons. The molecule has 2 aromatic rings. The van der Waals surface area contributed by atoms with Crippen molar-refractivity contribution < 1.29 is 19.5 Å². The number of anilines is 1. The zero-order valence-electron chi connectivity index (χ0n) is 16.4. The normalized spacial score (nSPS) is 25.7. The molecule has 2 fully saturated rings. The van der Waals surface area contributed by atoms with Crippen LogP contribution >= 0.6 is 23.3 Å². The molecule has 1 aromatic carbocycles. The van der Waals surface area contributed by atoms with Crippen molar-refractivity contribution in [2.24, 2.45) is 5.41 Å². The third-order valence-electron chi connectivity index (χ3n) is 5.41. The van der Waals surface area contributed by atoms with Crippen LogP contribution in [0.25, 0.3) is 6.08 Å². The van der Waals surface area contributed by atoms with Crippen LogP contribution in [0.1, 0.15) is 23.9 Å². The first-order valence-electron chi connectivity index (χ1n) is 9.35. The smallest absolute Gasteiger partial charge is 0.318 e. The number of hydrogen-bond donors (Lipinski definition) is 1. The number of carbonyl (C=O) groups excluding carboxylic acids is 2. The summed E-state index contributed by atoms with van der Waals surface area (Å²) >= 11 is 2.56. The van der Waals surface area contributed by atoms with Crippen LogP contribution in [0.5, 0.6) is 0 Å². The molecule has 2 saturated heterocycles. The maximum Gasteiger partial charge on any atom is 0.318 e. The van der Waals surface area contributed by atoms with Crippen molar-refractivity contribution in [1.82, 2.24) is 14.5 Å². The molecule has 0 spiro atoms. The van der Waals surface area contributed by atoms with Crippen LogP contribution in [-0.4, -0.2) is 54.7 Å². The van der Waals surface area contributed by atoms with Crippen LogP contribution in [0.2, 0.25) is 0 Å². The van der Waals surface area contributed by atoms with Crippen LogP contribution in [0.3, 0.4) is 0 Å². The van der Waals surface area contributed by atoms with E-state index in [-0.39, 0.29) is 23.7 Å². The Labute approximate surface area is 181 Å². The van der Waals surface area contributed by atoms with Crippen molar-refractivity contribution in [3.05, 3.63) is 47.0 Å². The van der Waals surface area contributed by atoms with Gasteiger partial charge < -0.3 is 10.0 Å². The molecule has 30 heavy (non-hydrogen) atoms. The number of fused-ring (bicyclic) bond motifs is 1. The van der Waals surface area contributed by atoms with Crippen molar-refractivity contribution in [3.63, 3.8) is 0 Å². The van der Waals surface area contributed by atoms with Gasteiger partial charge in [0.15, 0.2) is 0 Å². The SMILES string of the molecule is CC(=O)N(c1ccccc1)C1S[C@@H]2CC(=O)N2CC1(C=Cc1nnsc1C)C(=O)O. The number of rotatable bonds is 5. The average molecular weight is 445 g/mol. The molecule has 4 rings (SSSR count). The van der Waals surface area contributed by atoms with Gasteiger partial charge in [0.25, 0.3) is 0 Å². The summed E-state index contributed by atoms with van der Waals surface area (Å²) in [4.78, 5) is 41.5. The summed E-state index contributed by atoms with van der Waals surface area (Å²) in [6, 6.07) is 9.02. The van der Waals surface area contributed by atoms with Crippen LogP contribution < -0.4 is 4.90 Å². The number of nitrogens with zero attached hydrogens (tertiary/aromatic N) is 4. The van der Waals surface area contributed by atoms with E-state index in [4.69, 9.17) is 0 Å². The lowest BCUT2D eigenvalue weighted by Gasteiger charge is -2.54. The largest absolute Gasteiger partial charge is 0.480 e. The summed E-state index contributed by atoms with van der Waals surface area (Å²) in [6.45, 7) is 3.27. The molecule has 0 saturated carbocycles. The number of benzene rings is 1. The minimum Gasteiger partial charge on any atom is -0.480 e. The Hall–Kier alpha value is -2.72. The van der Waals surface area contributed by atoms with Gasteiger partial charge in [-0.05, 0) is 36.7 Å². The second-order valence-electron chi connectivity index (χ2n) is 7.29. The van der Waals surface area contributed by atoms with Gasteiger partial charge in [-0.2, -0.15) is 0 Å². The van der Waals surface area contributed by atoms with Crippen molar-refractivity contribution in [2.45, 2.75) is 31.0 Å². The summed E-state index contributed by atoms with van der Waals surface area (Å²) in [5.41, 5.74) is -0.308. The second-order valence-corrected chi connectivity index (χ2v) is 9.51. The maximum atomic E-state index is 12.7. The van der Waals surface area contributed by atoms with Crippen molar-refractivity contribution >= 4 is 52.8 Å². The van der Waals surface area contributed by atoms with Crippen LogP contribution in [0.4, 0.5) is 5.69 Å². The van der Waals surface area contributed by atoms with Gasteiger partial charge in [0.2, 0.25) is 11.8 Å².